The van der Waals surface area contributed by atoms with Gasteiger partial charge in [0.05, 0.1) is 17.7 Å². The number of piperidine rings is 1. The molecule has 0 radical (unpaired) electrons. The second-order valence-corrected chi connectivity index (χ2v) is 6.20. The van der Waals surface area contributed by atoms with E-state index in [0.29, 0.717) is 32.0 Å². The molecule has 2 rings (SSSR count). The largest absolute Gasteiger partial charge is 0.481 e. The van der Waals surface area contributed by atoms with Gasteiger partial charge in [0.25, 0.3) is 0 Å². The SMILES string of the molecule is CN(Cc1cscn1)C(=O)N1CCC(CCC(=O)O)CC1. The number of likely N-dealkylation sites (tertiary alicyclic amines) is 1. The minimum Gasteiger partial charge on any atom is -0.481 e. The Morgan fingerprint density at radius 1 is 1.48 bits per heavy atom. The first-order valence-electron chi connectivity index (χ1n) is 7.15. The van der Waals surface area contributed by atoms with E-state index in [1.54, 1.807) is 17.5 Å². The molecule has 0 spiro atoms. The number of aliphatic carboxylic acids is 1. The number of nitrogens with zero attached hydrogens (tertiary/aromatic N) is 3. The molecule has 0 saturated carbocycles. The molecule has 0 bridgehead atoms. The van der Waals surface area contributed by atoms with E-state index >= 15 is 0 Å². The predicted molar refractivity (Wildman–Crippen MR) is 80.1 cm³/mol. The number of carboxylic acids is 1. The van der Waals surface area contributed by atoms with Crippen LogP contribution in [0.4, 0.5) is 4.79 Å². The van der Waals surface area contributed by atoms with Crippen LogP contribution in [0.5, 0.6) is 0 Å². The third-order valence-electron chi connectivity index (χ3n) is 3.86. The lowest BCUT2D eigenvalue weighted by Crippen LogP contribution is -2.45. The van der Waals surface area contributed by atoms with Crippen molar-refractivity contribution in [1.82, 2.24) is 14.8 Å². The molecule has 0 aromatic carbocycles. The number of carbonyl (C=O) groups is 2. The molecule has 1 aromatic heterocycles. The lowest BCUT2D eigenvalue weighted by molar-refractivity contribution is -0.137. The van der Waals surface area contributed by atoms with Crippen LogP contribution < -0.4 is 0 Å². The first-order valence-corrected chi connectivity index (χ1v) is 8.09. The Labute approximate surface area is 128 Å². The van der Waals surface area contributed by atoms with E-state index in [4.69, 9.17) is 5.11 Å². The number of rotatable bonds is 5. The van der Waals surface area contributed by atoms with E-state index < -0.39 is 5.97 Å². The summed E-state index contributed by atoms with van der Waals surface area (Å²) in [5.41, 5.74) is 2.67. The summed E-state index contributed by atoms with van der Waals surface area (Å²) < 4.78 is 0. The molecule has 7 heteroatoms. The quantitative estimate of drug-likeness (QED) is 0.905. The van der Waals surface area contributed by atoms with E-state index in [9.17, 15) is 9.59 Å². The molecule has 1 aliphatic heterocycles. The Hall–Kier alpha value is -1.63. The summed E-state index contributed by atoms with van der Waals surface area (Å²) in [6.45, 7) is 1.95. The van der Waals surface area contributed by atoms with Crippen molar-refractivity contribution in [2.75, 3.05) is 20.1 Å². The third kappa shape index (κ3) is 4.70. The highest BCUT2D eigenvalue weighted by Crippen LogP contribution is 2.22. The average Bonchev–Trinajstić information content (AvgIpc) is 2.97. The number of carbonyl (C=O) groups excluding carboxylic acids is 1. The molecule has 6 nitrogen and oxygen atoms in total. The van der Waals surface area contributed by atoms with Crippen LogP contribution in [-0.2, 0) is 11.3 Å². The summed E-state index contributed by atoms with van der Waals surface area (Å²) >= 11 is 1.53. The number of thiazole rings is 1. The highest BCUT2D eigenvalue weighted by Gasteiger charge is 2.25. The molecule has 116 valence electrons. The highest BCUT2D eigenvalue weighted by atomic mass is 32.1. The van der Waals surface area contributed by atoms with Crippen molar-refractivity contribution in [3.63, 3.8) is 0 Å². The normalized spacial score (nSPS) is 16.0. The molecular weight excluding hydrogens is 290 g/mol. The second kappa shape index (κ2) is 7.40. The minimum atomic E-state index is -0.739. The van der Waals surface area contributed by atoms with Gasteiger partial charge in [-0.05, 0) is 25.2 Å². The molecule has 1 saturated heterocycles. The summed E-state index contributed by atoms with van der Waals surface area (Å²) in [6.07, 6.45) is 2.72. The maximum absolute atomic E-state index is 12.3. The van der Waals surface area contributed by atoms with Crippen LogP contribution in [-0.4, -0.2) is 52.0 Å². The smallest absolute Gasteiger partial charge is 0.320 e. The first kappa shape index (κ1) is 15.8. The van der Waals surface area contributed by atoms with Crippen LogP contribution in [0.2, 0.25) is 0 Å². The van der Waals surface area contributed by atoms with Crippen molar-refractivity contribution in [3.05, 3.63) is 16.6 Å². The highest BCUT2D eigenvalue weighted by molar-refractivity contribution is 7.07. The van der Waals surface area contributed by atoms with E-state index in [-0.39, 0.29) is 12.5 Å². The Bertz CT molecular complexity index is 470. The number of hydrogen-bond acceptors (Lipinski definition) is 4. The Morgan fingerprint density at radius 3 is 2.76 bits per heavy atom. The Kier molecular flexibility index (Phi) is 5.55. The van der Waals surface area contributed by atoms with Crippen LogP contribution in [0, 0.1) is 5.92 Å². The van der Waals surface area contributed by atoms with Gasteiger partial charge in [0.1, 0.15) is 0 Å². The number of urea groups is 1. The fourth-order valence-electron chi connectivity index (χ4n) is 2.61. The molecule has 21 heavy (non-hydrogen) atoms. The van der Waals surface area contributed by atoms with Gasteiger partial charge in [0.2, 0.25) is 0 Å². The van der Waals surface area contributed by atoms with Crippen LogP contribution >= 0.6 is 11.3 Å². The van der Waals surface area contributed by atoms with Crippen LogP contribution in [0.1, 0.15) is 31.4 Å². The van der Waals surface area contributed by atoms with E-state index in [0.717, 1.165) is 18.5 Å². The van der Waals surface area contributed by atoms with Crippen molar-refractivity contribution in [2.24, 2.45) is 5.92 Å². The number of carboxylic acid groups (broad SMARTS) is 1. The summed E-state index contributed by atoms with van der Waals surface area (Å²) in [4.78, 5) is 30.6. The van der Waals surface area contributed by atoms with Crippen molar-refractivity contribution >= 4 is 23.3 Å². The molecule has 2 amide bonds. The standard InChI is InChI=1S/C14H21N3O3S/c1-16(8-12-9-21-10-15-12)14(20)17-6-4-11(5-7-17)2-3-13(18)19/h9-11H,2-8H2,1H3,(H,18,19). The van der Waals surface area contributed by atoms with Gasteiger partial charge in [0.15, 0.2) is 0 Å². The number of aromatic nitrogens is 1. The zero-order valence-electron chi connectivity index (χ0n) is 12.2. The van der Waals surface area contributed by atoms with Crippen LogP contribution in [0.3, 0.4) is 0 Å². The van der Waals surface area contributed by atoms with E-state index in [2.05, 4.69) is 4.98 Å². The molecule has 1 aromatic rings. The van der Waals surface area contributed by atoms with Gasteiger partial charge in [-0.15, -0.1) is 11.3 Å². The van der Waals surface area contributed by atoms with Crippen LogP contribution in [0.25, 0.3) is 0 Å². The fourth-order valence-corrected chi connectivity index (χ4v) is 3.16. The van der Waals surface area contributed by atoms with Gasteiger partial charge in [0, 0.05) is 31.9 Å². The summed E-state index contributed by atoms with van der Waals surface area (Å²) in [6, 6.07) is 0.0275. The Balaban J connectivity index is 1.76. The molecule has 1 aliphatic rings. The lowest BCUT2D eigenvalue weighted by Gasteiger charge is -2.34. The van der Waals surface area contributed by atoms with Gasteiger partial charge in [-0.1, -0.05) is 0 Å². The van der Waals surface area contributed by atoms with E-state index in [1.807, 2.05) is 10.3 Å². The summed E-state index contributed by atoms with van der Waals surface area (Å²) in [5.74, 6) is -0.314. The molecule has 1 fully saturated rings. The summed E-state index contributed by atoms with van der Waals surface area (Å²) in [5, 5.41) is 10.6. The van der Waals surface area contributed by atoms with Crippen molar-refractivity contribution < 1.29 is 14.7 Å². The number of amides is 2. The molecule has 0 unspecified atom stereocenters. The first-order chi connectivity index (χ1) is 10.1. The molecule has 2 heterocycles. The molecule has 0 atom stereocenters. The predicted octanol–water partition coefficient (Wildman–Crippen LogP) is 2.27. The van der Waals surface area contributed by atoms with Gasteiger partial charge in [-0.2, -0.15) is 0 Å². The van der Waals surface area contributed by atoms with Crippen molar-refractivity contribution in [1.29, 1.82) is 0 Å². The van der Waals surface area contributed by atoms with Crippen molar-refractivity contribution in [2.45, 2.75) is 32.2 Å². The second-order valence-electron chi connectivity index (χ2n) is 5.48. The number of hydrogen-bond donors (Lipinski definition) is 1. The summed E-state index contributed by atoms with van der Waals surface area (Å²) in [7, 11) is 1.79. The van der Waals surface area contributed by atoms with Crippen LogP contribution in [0.15, 0.2) is 10.9 Å². The molecular formula is C14H21N3O3S. The lowest BCUT2D eigenvalue weighted by atomic mass is 9.92. The zero-order chi connectivity index (χ0) is 15.2. The maximum Gasteiger partial charge on any atom is 0.320 e. The van der Waals surface area contributed by atoms with E-state index in [1.165, 1.54) is 11.3 Å². The van der Waals surface area contributed by atoms with Gasteiger partial charge < -0.3 is 14.9 Å². The van der Waals surface area contributed by atoms with Gasteiger partial charge >= 0.3 is 12.0 Å². The average molecular weight is 311 g/mol. The maximum atomic E-state index is 12.3. The topological polar surface area (TPSA) is 73.7 Å². The fraction of sp³-hybridized carbons (Fsp3) is 0.643. The van der Waals surface area contributed by atoms with Crippen molar-refractivity contribution in [3.8, 4) is 0 Å². The minimum absolute atomic E-state index is 0.0275. The monoisotopic (exact) mass is 311 g/mol. The van der Waals surface area contributed by atoms with Gasteiger partial charge in [-0.3, -0.25) is 4.79 Å². The Morgan fingerprint density at radius 2 is 2.19 bits per heavy atom. The molecule has 0 aliphatic carbocycles. The van der Waals surface area contributed by atoms with Gasteiger partial charge in [-0.25, -0.2) is 9.78 Å². The third-order valence-corrected chi connectivity index (χ3v) is 4.50. The molecule has 1 N–H and O–H groups in total. The zero-order valence-corrected chi connectivity index (χ0v) is 13.0.